The molecule has 1 amide bonds. The third-order valence-corrected chi connectivity index (χ3v) is 4.86. The van der Waals surface area contributed by atoms with Crippen LogP contribution in [0.25, 0.3) is 0 Å². The van der Waals surface area contributed by atoms with Gasteiger partial charge in [0.25, 0.3) is 5.91 Å². The van der Waals surface area contributed by atoms with Crippen molar-refractivity contribution in [3.05, 3.63) is 52.8 Å². The fourth-order valence-corrected chi connectivity index (χ4v) is 3.26. The number of pyridine rings is 1. The van der Waals surface area contributed by atoms with Crippen LogP contribution in [0.2, 0.25) is 0 Å². The van der Waals surface area contributed by atoms with Crippen LogP contribution in [-0.2, 0) is 6.18 Å². The van der Waals surface area contributed by atoms with Gasteiger partial charge in [-0.05, 0) is 37.1 Å². The third kappa shape index (κ3) is 5.14. The molecular weight excluding hydrogens is 395 g/mol. The lowest BCUT2D eigenvalue weighted by atomic mass is 9.96. The number of nitrogens with two attached hydrogens (primary N) is 1. The van der Waals surface area contributed by atoms with Crippen molar-refractivity contribution in [3.8, 4) is 6.07 Å². The number of anilines is 2. The van der Waals surface area contributed by atoms with Crippen molar-refractivity contribution < 1.29 is 18.0 Å². The summed E-state index contributed by atoms with van der Waals surface area (Å²) in [5.41, 5.74) is 5.46. The Morgan fingerprint density at radius 2 is 2.00 bits per heavy atom. The van der Waals surface area contributed by atoms with Gasteiger partial charge in [0.2, 0.25) is 0 Å². The summed E-state index contributed by atoms with van der Waals surface area (Å²) >= 11 is 0. The number of nitrogens with one attached hydrogen (secondary N) is 1. The van der Waals surface area contributed by atoms with Crippen LogP contribution >= 0.6 is 0 Å². The molecule has 0 aliphatic heterocycles. The Labute approximate surface area is 171 Å². The molecule has 1 fully saturated rings. The Kier molecular flexibility index (Phi) is 6.35. The number of amides is 1. The lowest BCUT2D eigenvalue weighted by molar-refractivity contribution is -0.141. The molecule has 0 unspecified atom stereocenters. The van der Waals surface area contributed by atoms with Gasteiger partial charge in [-0.2, -0.15) is 18.4 Å². The van der Waals surface area contributed by atoms with Crippen LogP contribution in [0.1, 0.15) is 59.4 Å². The number of nitrogen functional groups attached to an aromatic ring is 1. The Morgan fingerprint density at radius 3 is 2.67 bits per heavy atom. The molecular formula is C21H20F3N5O. The molecule has 1 saturated carbocycles. The summed E-state index contributed by atoms with van der Waals surface area (Å²) in [5.74, 6) is -0.863. The molecule has 0 atom stereocenters. The summed E-state index contributed by atoms with van der Waals surface area (Å²) < 4.78 is 38.5. The Bertz CT molecular complexity index is 1000. The first-order valence-corrected chi connectivity index (χ1v) is 9.50. The summed E-state index contributed by atoms with van der Waals surface area (Å²) in [7, 11) is 0. The first-order valence-electron chi connectivity index (χ1n) is 9.50. The maximum absolute atomic E-state index is 12.8. The topological polar surface area (TPSA) is 104 Å². The highest BCUT2D eigenvalue weighted by Gasteiger charge is 2.33. The van der Waals surface area contributed by atoms with Gasteiger partial charge in [0.15, 0.2) is 0 Å². The lowest BCUT2D eigenvalue weighted by Gasteiger charge is -2.17. The van der Waals surface area contributed by atoms with E-state index in [0.29, 0.717) is 11.3 Å². The predicted molar refractivity (Wildman–Crippen MR) is 107 cm³/mol. The molecule has 2 aromatic rings. The minimum absolute atomic E-state index is 0.0858. The summed E-state index contributed by atoms with van der Waals surface area (Å²) in [6.45, 7) is 0. The first kappa shape index (κ1) is 21.3. The molecule has 1 aromatic heterocycles. The van der Waals surface area contributed by atoms with Crippen LogP contribution in [0, 0.1) is 11.3 Å². The van der Waals surface area contributed by atoms with Crippen molar-refractivity contribution in [2.75, 3.05) is 11.1 Å². The van der Waals surface area contributed by atoms with E-state index in [1.807, 2.05) is 6.07 Å². The zero-order valence-electron chi connectivity index (χ0n) is 16.0. The minimum Gasteiger partial charge on any atom is -0.398 e. The normalized spacial score (nSPS) is 15.1. The molecule has 6 nitrogen and oxygen atoms in total. The molecule has 3 rings (SSSR count). The van der Waals surface area contributed by atoms with E-state index < -0.39 is 23.5 Å². The second kappa shape index (κ2) is 8.95. The predicted octanol–water partition coefficient (Wildman–Crippen LogP) is 4.56. The van der Waals surface area contributed by atoms with Gasteiger partial charge in [0, 0.05) is 23.5 Å². The van der Waals surface area contributed by atoms with Crippen molar-refractivity contribution in [1.29, 1.82) is 5.26 Å². The van der Waals surface area contributed by atoms with Crippen LogP contribution in [0.4, 0.5) is 24.5 Å². The fraction of sp³-hybridized carbons (Fsp3) is 0.333. The molecule has 30 heavy (non-hydrogen) atoms. The zero-order chi connectivity index (χ0) is 21.7. The lowest BCUT2D eigenvalue weighted by Crippen LogP contribution is -2.18. The van der Waals surface area contributed by atoms with Gasteiger partial charge in [-0.25, -0.2) is 4.98 Å². The summed E-state index contributed by atoms with van der Waals surface area (Å²) in [4.78, 5) is 20.4. The molecule has 1 aromatic carbocycles. The molecule has 9 heteroatoms. The van der Waals surface area contributed by atoms with E-state index in [1.165, 1.54) is 24.6 Å². The van der Waals surface area contributed by atoms with Gasteiger partial charge in [0.05, 0.1) is 11.3 Å². The maximum atomic E-state index is 12.8. The molecule has 3 N–H and O–H groups in total. The SMILES string of the molecule is N#Cc1cc(N)c(C=NC2CCCCC2)cc1NC(=O)c1cccc(C(F)(F)F)n1. The molecule has 0 spiro atoms. The molecule has 0 bridgehead atoms. The smallest absolute Gasteiger partial charge is 0.398 e. The summed E-state index contributed by atoms with van der Waals surface area (Å²) in [6.07, 6.45) is 2.38. The first-order chi connectivity index (χ1) is 14.3. The van der Waals surface area contributed by atoms with Crippen molar-refractivity contribution in [1.82, 2.24) is 4.98 Å². The van der Waals surface area contributed by atoms with Gasteiger partial charge >= 0.3 is 6.18 Å². The molecule has 0 radical (unpaired) electrons. The van der Waals surface area contributed by atoms with Crippen molar-refractivity contribution in [2.45, 2.75) is 44.3 Å². The number of nitrogens with zero attached hydrogens (tertiary/aromatic N) is 3. The van der Waals surface area contributed by atoms with Crippen molar-refractivity contribution in [2.24, 2.45) is 4.99 Å². The van der Waals surface area contributed by atoms with E-state index in [-0.39, 0.29) is 17.3 Å². The molecule has 0 saturated heterocycles. The molecule has 156 valence electrons. The number of alkyl halides is 3. The third-order valence-electron chi connectivity index (χ3n) is 4.86. The number of carbonyl (C=O) groups excluding carboxylic acids is 1. The number of rotatable bonds is 4. The van der Waals surface area contributed by atoms with Crippen LogP contribution in [0.15, 0.2) is 35.3 Å². The number of aromatic nitrogens is 1. The van der Waals surface area contributed by atoms with Crippen molar-refractivity contribution in [3.63, 3.8) is 0 Å². The monoisotopic (exact) mass is 415 g/mol. The Morgan fingerprint density at radius 1 is 1.27 bits per heavy atom. The Hall–Kier alpha value is -3.41. The number of hydrogen-bond donors (Lipinski definition) is 2. The standard InChI is InChI=1S/C21H20F3N5O/c22-21(23,24)19-8-4-7-17(28-19)20(30)29-18-10-14(16(26)9-13(18)11-25)12-27-15-5-2-1-3-6-15/h4,7-10,12,15H,1-3,5-6,26H2,(H,29,30). The number of halogens is 3. The average Bonchev–Trinajstić information content (AvgIpc) is 2.74. The molecule has 1 heterocycles. The van der Waals surface area contributed by atoms with Gasteiger partial charge in [0.1, 0.15) is 17.5 Å². The largest absolute Gasteiger partial charge is 0.433 e. The number of aliphatic imine (C=N–C) groups is 1. The highest BCUT2D eigenvalue weighted by atomic mass is 19.4. The van der Waals surface area contributed by atoms with E-state index in [9.17, 15) is 23.2 Å². The summed E-state index contributed by atoms with van der Waals surface area (Å²) in [5, 5.41) is 11.8. The fourth-order valence-electron chi connectivity index (χ4n) is 3.26. The van der Waals surface area contributed by atoms with Crippen LogP contribution in [0.5, 0.6) is 0 Å². The second-order valence-electron chi connectivity index (χ2n) is 7.07. The van der Waals surface area contributed by atoms with Gasteiger partial charge in [-0.1, -0.05) is 25.3 Å². The van der Waals surface area contributed by atoms with E-state index in [1.54, 1.807) is 6.21 Å². The Balaban J connectivity index is 1.85. The molecule has 1 aliphatic rings. The quantitative estimate of drug-likeness (QED) is 0.564. The van der Waals surface area contributed by atoms with Crippen LogP contribution < -0.4 is 11.1 Å². The number of benzene rings is 1. The average molecular weight is 415 g/mol. The number of hydrogen-bond acceptors (Lipinski definition) is 5. The second-order valence-corrected chi connectivity index (χ2v) is 7.07. The van der Waals surface area contributed by atoms with Gasteiger partial charge in [-0.15, -0.1) is 0 Å². The maximum Gasteiger partial charge on any atom is 0.433 e. The minimum atomic E-state index is -4.67. The van der Waals surface area contributed by atoms with Crippen LogP contribution in [0.3, 0.4) is 0 Å². The van der Waals surface area contributed by atoms with Crippen LogP contribution in [-0.4, -0.2) is 23.1 Å². The van der Waals surface area contributed by atoms with E-state index in [0.717, 1.165) is 37.8 Å². The van der Waals surface area contributed by atoms with Gasteiger partial charge < -0.3 is 11.1 Å². The van der Waals surface area contributed by atoms with E-state index >= 15 is 0 Å². The summed E-state index contributed by atoms with van der Waals surface area (Å²) in [6, 6.07) is 8.07. The molecule has 1 aliphatic carbocycles. The van der Waals surface area contributed by atoms with Crippen molar-refractivity contribution >= 4 is 23.5 Å². The van der Waals surface area contributed by atoms with E-state index in [2.05, 4.69) is 15.3 Å². The highest BCUT2D eigenvalue weighted by Crippen LogP contribution is 2.28. The highest BCUT2D eigenvalue weighted by molar-refractivity contribution is 6.04. The number of nitriles is 1. The zero-order valence-corrected chi connectivity index (χ0v) is 16.0. The van der Waals surface area contributed by atoms with E-state index in [4.69, 9.17) is 5.73 Å². The number of carbonyl (C=O) groups is 1. The van der Waals surface area contributed by atoms with Gasteiger partial charge in [-0.3, -0.25) is 9.79 Å².